The van der Waals surface area contributed by atoms with E-state index in [0.717, 1.165) is 12.8 Å². The lowest BCUT2D eigenvalue weighted by molar-refractivity contribution is -0.155. The van der Waals surface area contributed by atoms with E-state index >= 15 is 0 Å². The van der Waals surface area contributed by atoms with Crippen LogP contribution in [0.15, 0.2) is 18.2 Å². The molecule has 0 saturated heterocycles. The fourth-order valence-corrected chi connectivity index (χ4v) is 3.38. The molecule has 1 aliphatic rings. The molecule has 0 radical (unpaired) electrons. The largest absolute Gasteiger partial charge is 0.494 e. The van der Waals surface area contributed by atoms with Gasteiger partial charge in [0.1, 0.15) is 0 Å². The molecular weight excluding hydrogens is 521 g/mol. The van der Waals surface area contributed by atoms with Crippen LogP contribution in [0.25, 0.3) is 0 Å². The minimum absolute atomic E-state index is 0.00505. The Balaban J connectivity index is 0. The Bertz CT molecular complexity index is 783. The summed E-state index contributed by atoms with van der Waals surface area (Å²) >= 11 is 0. The average Bonchev–Trinajstić information content (AvgIpc) is 3.43. The van der Waals surface area contributed by atoms with E-state index in [9.17, 15) is 14.0 Å². The monoisotopic (exact) mass is 575 g/mol. The molecule has 0 aromatic heterocycles. The summed E-state index contributed by atoms with van der Waals surface area (Å²) in [7, 11) is 6.18. The summed E-state index contributed by atoms with van der Waals surface area (Å²) in [5, 5.41) is 14.2. The molecule has 0 heterocycles. The van der Waals surface area contributed by atoms with Gasteiger partial charge in [-0.2, -0.15) is 5.48 Å². The molecule has 3 atom stereocenters. The van der Waals surface area contributed by atoms with E-state index in [0.29, 0.717) is 12.6 Å². The number of rotatable bonds is 11. The van der Waals surface area contributed by atoms with Gasteiger partial charge in [0.2, 0.25) is 6.41 Å². The predicted octanol–water partition coefficient (Wildman–Crippen LogP) is 4.69. The van der Waals surface area contributed by atoms with Crippen molar-refractivity contribution in [2.75, 3.05) is 35.0 Å². The fraction of sp³-hybridized carbons (Fsp3) is 0.724. The molecular formula is C29H54FN3O7. The van der Waals surface area contributed by atoms with Gasteiger partial charge in [-0.15, -0.1) is 0 Å². The van der Waals surface area contributed by atoms with Gasteiger partial charge in [-0.3, -0.25) is 9.59 Å². The second-order valence-corrected chi connectivity index (χ2v) is 10.3. The van der Waals surface area contributed by atoms with Crippen LogP contribution in [-0.4, -0.2) is 77.0 Å². The van der Waals surface area contributed by atoms with Gasteiger partial charge in [0.15, 0.2) is 17.9 Å². The Morgan fingerprint density at radius 2 is 1.73 bits per heavy atom. The maximum absolute atomic E-state index is 13.9. The first-order valence-electron chi connectivity index (χ1n) is 13.7. The number of amides is 2. The van der Waals surface area contributed by atoms with Crippen LogP contribution in [0.5, 0.6) is 5.75 Å². The summed E-state index contributed by atoms with van der Waals surface area (Å²) < 4.78 is 33.2. The zero-order chi connectivity index (χ0) is 31.1. The van der Waals surface area contributed by atoms with Crippen molar-refractivity contribution >= 4 is 12.3 Å². The third kappa shape index (κ3) is 16.7. The molecule has 2 rings (SSSR count). The molecule has 4 N–H and O–H groups in total. The number of hydroxylamine groups is 1. The molecule has 234 valence electrons. The molecule has 0 bridgehead atoms. The number of nitrogens with one attached hydrogen (secondary N) is 3. The molecule has 0 aliphatic heterocycles. The first-order chi connectivity index (χ1) is 18.9. The van der Waals surface area contributed by atoms with Crippen molar-refractivity contribution in [3.63, 3.8) is 0 Å². The lowest BCUT2D eigenvalue weighted by Crippen LogP contribution is -2.41. The van der Waals surface area contributed by atoms with Crippen molar-refractivity contribution in [3.05, 3.63) is 29.6 Å². The lowest BCUT2D eigenvalue weighted by atomic mass is 9.88. The number of halogens is 1. The summed E-state index contributed by atoms with van der Waals surface area (Å²) in [5.74, 6) is -0.974. The Morgan fingerprint density at radius 1 is 1.15 bits per heavy atom. The number of ether oxygens (including phenoxy) is 4. The molecule has 10 nitrogen and oxygen atoms in total. The summed E-state index contributed by atoms with van der Waals surface area (Å²) in [6, 6.07) is 4.81. The Kier molecular flexibility index (Phi) is 23.3. The molecule has 2 amide bonds. The standard InChI is InChI=1S/C14H20FNO2.C7H17NO3.C6H11NO.C2H6O/c1-9(14(2,3)4)16-13(17)10-7-6-8-11(18-5)12(10)15;1-4-6(8-9)7(10-3)11-5-2;8-5-7-6-3-1-2-4-6;1-3-2/h6-9H,1-5H3,(H,16,17);6-9H,4-5H2,1-3H3;5-6H,1-4H2,(H,7,8);1-2H3/t;6-,7-;;/m.0../s1. The van der Waals surface area contributed by atoms with Crippen LogP contribution in [0, 0.1) is 11.2 Å². The van der Waals surface area contributed by atoms with E-state index in [2.05, 4.69) is 20.9 Å². The van der Waals surface area contributed by atoms with E-state index in [4.69, 9.17) is 19.4 Å². The maximum Gasteiger partial charge on any atom is 0.254 e. The normalized spacial score (nSPS) is 15.0. The topological polar surface area (TPSA) is 127 Å². The molecule has 1 saturated carbocycles. The first kappa shape index (κ1) is 39.8. The fourth-order valence-electron chi connectivity index (χ4n) is 3.38. The number of benzene rings is 1. The third-order valence-electron chi connectivity index (χ3n) is 6.23. The van der Waals surface area contributed by atoms with Crippen LogP contribution in [0.2, 0.25) is 0 Å². The van der Waals surface area contributed by atoms with Crippen LogP contribution in [0.4, 0.5) is 4.39 Å². The minimum Gasteiger partial charge on any atom is -0.494 e. The van der Waals surface area contributed by atoms with Gasteiger partial charge in [-0.05, 0) is 50.7 Å². The van der Waals surface area contributed by atoms with Crippen LogP contribution in [-0.2, 0) is 19.0 Å². The summed E-state index contributed by atoms with van der Waals surface area (Å²) in [5.41, 5.74) is 2.06. The number of methoxy groups -OCH3 is 3. The molecule has 1 aromatic rings. The zero-order valence-corrected chi connectivity index (χ0v) is 26.1. The average molecular weight is 576 g/mol. The quantitative estimate of drug-likeness (QED) is 0.170. The Morgan fingerprint density at radius 3 is 2.12 bits per heavy atom. The van der Waals surface area contributed by atoms with E-state index in [1.54, 1.807) is 27.4 Å². The van der Waals surface area contributed by atoms with Crippen molar-refractivity contribution < 1.29 is 38.1 Å². The van der Waals surface area contributed by atoms with Crippen LogP contribution in [0.3, 0.4) is 0 Å². The number of hydrogen-bond donors (Lipinski definition) is 4. The lowest BCUT2D eigenvalue weighted by Gasteiger charge is -2.28. The Labute approximate surface area is 240 Å². The molecule has 1 fully saturated rings. The SMILES string of the molecule is CCO[C@H](OC)[C@H](CC)NO.COC.COc1cccc(C(=O)NC(C)C(C)(C)C)c1F.O=CNC1CCCC1. The smallest absolute Gasteiger partial charge is 0.254 e. The van der Waals surface area contributed by atoms with Gasteiger partial charge in [0, 0.05) is 40.0 Å². The highest BCUT2D eigenvalue weighted by molar-refractivity contribution is 5.95. The van der Waals surface area contributed by atoms with Crippen molar-refractivity contribution in [3.8, 4) is 5.75 Å². The van der Waals surface area contributed by atoms with E-state index in [-0.39, 0.29) is 35.1 Å². The van der Waals surface area contributed by atoms with Crippen LogP contribution < -0.4 is 20.9 Å². The second-order valence-electron chi connectivity index (χ2n) is 10.3. The van der Waals surface area contributed by atoms with Crippen molar-refractivity contribution in [1.82, 2.24) is 16.1 Å². The highest BCUT2D eigenvalue weighted by Crippen LogP contribution is 2.22. The van der Waals surface area contributed by atoms with E-state index in [1.807, 2.05) is 41.5 Å². The van der Waals surface area contributed by atoms with Crippen molar-refractivity contribution in [2.45, 2.75) is 98.1 Å². The summed E-state index contributed by atoms with van der Waals surface area (Å²) in [6.45, 7) is 12.3. The van der Waals surface area contributed by atoms with Crippen LogP contribution >= 0.6 is 0 Å². The molecule has 40 heavy (non-hydrogen) atoms. The number of carbonyl (C=O) groups excluding carboxylic acids is 2. The minimum atomic E-state index is -0.626. The highest BCUT2D eigenvalue weighted by Gasteiger charge is 2.24. The van der Waals surface area contributed by atoms with Gasteiger partial charge in [-0.25, -0.2) is 4.39 Å². The number of carbonyl (C=O) groups is 2. The molecule has 0 spiro atoms. The van der Waals surface area contributed by atoms with Crippen molar-refractivity contribution in [2.24, 2.45) is 5.41 Å². The van der Waals surface area contributed by atoms with Gasteiger partial charge in [0.05, 0.1) is 18.7 Å². The molecule has 1 unspecified atom stereocenters. The highest BCUT2D eigenvalue weighted by atomic mass is 19.1. The second kappa shape index (κ2) is 23.4. The molecule has 1 aromatic carbocycles. The zero-order valence-electron chi connectivity index (χ0n) is 26.1. The van der Waals surface area contributed by atoms with Gasteiger partial charge in [-0.1, -0.05) is 46.6 Å². The van der Waals surface area contributed by atoms with Crippen LogP contribution in [0.1, 0.15) is 84.0 Å². The van der Waals surface area contributed by atoms with E-state index in [1.165, 1.54) is 44.9 Å². The Hall–Kier alpha value is -2.31. The predicted molar refractivity (Wildman–Crippen MR) is 155 cm³/mol. The number of hydrogen-bond acceptors (Lipinski definition) is 8. The van der Waals surface area contributed by atoms with E-state index < -0.39 is 11.7 Å². The third-order valence-corrected chi connectivity index (χ3v) is 6.23. The summed E-state index contributed by atoms with van der Waals surface area (Å²) in [6.07, 6.45) is 6.12. The van der Waals surface area contributed by atoms with Gasteiger partial charge >= 0.3 is 0 Å². The molecule has 1 aliphatic carbocycles. The van der Waals surface area contributed by atoms with Crippen molar-refractivity contribution in [1.29, 1.82) is 0 Å². The maximum atomic E-state index is 13.9. The molecule has 11 heteroatoms. The first-order valence-corrected chi connectivity index (χ1v) is 13.7. The van der Waals surface area contributed by atoms with Gasteiger partial charge in [0.25, 0.3) is 5.91 Å². The van der Waals surface area contributed by atoms with Gasteiger partial charge < -0.3 is 34.8 Å². The summed E-state index contributed by atoms with van der Waals surface area (Å²) in [4.78, 5) is 21.8.